The minimum Gasteiger partial charge on any atom is -0.457 e. The SMILES string of the molecule is CO[C@H]1CC[C@]2(CC1)Cc1ccc(Oc3cc(Cl)cc(Cl)c3)cc1C21C(=O)NC(=S)N1N. The number of rotatable bonds is 3. The summed E-state index contributed by atoms with van der Waals surface area (Å²) in [5.74, 6) is 7.45. The molecular formula is C23H23Cl2N3O3S. The molecule has 2 fully saturated rings. The summed E-state index contributed by atoms with van der Waals surface area (Å²) < 4.78 is 11.7. The van der Waals surface area contributed by atoms with Gasteiger partial charge in [-0.2, -0.15) is 0 Å². The zero-order chi connectivity index (χ0) is 22.7. The zero-order valence-corrected chi connectivity index (χ0v) is 19.8. The molecule has 0 aromatic heterocycles. The molecule has 1 heterocycles. The molecule has 1 unspecified atom stereocenters. The fourth-order valence-electron chi connectivity index (χ4n) is 5.79. The van der Waals surface area contributed by atoms with Gasteiger partial charge in [-0.25, -0.2) is 5.84 Å². The summed E-state index contributed by atoms with van der Waals surface area (Å²) in [6, 6.07) is 10.8. The van der Waals surface area contributed by atoms with Crippen LogP contribution in [0.2, 0.25) is 10.0 Å². The van der Waals surface area contributed by atoms with E-state index in [-0.39, 0.29) is 22.5 Å². The lowest BCUT2D eigenvalue weighted by atomic mass is 9.61. The van der Waals surface area contributed by atoms with Gasteiger partial charge in [0.25, 0.3) is 5.91 Å². The second-order valence-electron chi connectivity index (χ2n) is 8.76. The molecule has 6 nitrogen and oxygen atoms in total. The fourth-order valence-corrected chi connectivity index (χ4v) is 6.52. The van der Waals surface area contributed by atoms with Gasteiger partial charge in [-0.1, -0.05) is 29.3 Å². The van der Waals surface area contributed by atoms with Gasteiger partial charge in [0.05, 0.1) is 6.10 Å². The number of carbonyl (C=O) groups excluding carboxylic acids is 1. The Balaban J connectivity index is 1.59. The number of benzene rings is 2. The van der Waals surface area contributed by atoms with E-state index in [0.717, 1.165) is 43.2 Å². The van der Waals surface area contributed by atoms with Gasteiger partial charge in [0, 0.05) is 22.6 Å². The summed E-state index contributed by atoms with van der Waals surface area (Å²) >= 11 is 17.6. The van der Waals surface area contributed by atoms with E-state index in [9.17, 15) is 4.79 Å². The van der Waals surface area contributed by atoms with E-state index in [1.54, 1.807) is 25.3 Å². The summed E-state index contributed by atoms with van der Waals surface area (Å²) in [6.07, 6.45) is 4.28. The van der Waals surface area contributed by atoms with Crippen molar-refractivity contribution >= 4 is 46.4 Å². The molecule has 3 N–H and O–H groups in total. The highest BCUT2D eigenvalue weighted by molar-refractivity contribution is 7.80. The number of halogens is 2. The topological polar surface area (TPSA) is 76.8 Å². The Morgan fingerprint density at radius 3 is 2.41 bits per heavy atom. The summed E-state index contributed by atoms with van der Waals surface area (Å²) in [7, 11) is 1.74. The van der Waals surface area contributed by atoms with Crippen LogP contribution in [0.4, 0.5) is 0 Å². The Morgan fingerprint density at radius 1 is 1.12 bits per heavy atom. The standard InChI is InChI=1S/C23H23Cl2N3O3S/c1-30-16-4-6-22(7-5-16)12-13-2-3-17(31-18-9-14(24)8-15(25)10-18)11-19(13)23(22)20(29)27-21(32)28(23)26/h2-3,8-11,16H,4-7,12,26H2,1H3,(H,27,29,32)/t16-,22-,23?. The van der Waals surface area contributed by atoms with Gasteiger partial charge in [0.2, 0.25) is 0 Å². The molecule has 1 atom stereocenters. The normalized spacial score (nSPS) is 29.0. The number of nitrogens with two attached hydrogens (primary N) is 1. The molecule has 2 aromatic rings. The highest BCUT2D eigenvalue weighted by Gasteiger charge is 2.68. The third-order valence-corrected chi connectivity index (χ3v) is 7.93. The number of methoxy groups -OCH3 is 1. The number of nitrogens with one attached hydrogen (secondary N) is 1. The van der Waals surface area contributed by atoms with Crippen LogP contribution in [0.1, 0.15) is 36.8 Å². The van der Waals surface area contributed by atoms with E-state index in [1.807, 2.05) is 18.2 Å². The van der Waals surface area contributed by atoms with Crippen LogP contribution in [0.3, 0.4) is 0 Å². The van der Waals surface area contributed by atoms with Crippen LogP contribution in [-0.4, -0.2) is 29.2 Å². The smallest absolute Gasteiger partial charge is 0.258 e. The van der Waals surface area contributed by atoms with Crippen LogP contribution in [0, 0.1) is 5.41 Å². The molecular weight excluding hydrogens is 469 g/mol. The molecule has 3 aliphatic rings. The van der Waals surface area contributed by atoms with Crippen molar-refractivity contribution in [3.05, 3.63) is 57.6 Å². The largest absolute Gasteiger partial charge is 0.457 e. The van der Waals surface area contributed by atoms with E-state index in [1.165, 1.54) is 5.01 Å². The van der Waals surface area contributed by atoms with Crippen molar-refractivity contribution in [2.75, 3.05) is 7.11 Å². The average Bonchev–Trinajstić information content (AvgIpc) is 3.15. The summed E-state index contributed by atoms with van der Waals surface area (Å²) in [6.45, 7) is 0. The van der Waals surface area contributed by atoms with E-state index in [0.29, 0.717) is 21.5 Å². The molecule has 2 aliphatic carbocycles. The molecule has 0 radical (unpaired) electrons. The molecule has 168 valence electrons. The van der Waals surface area contributed by atoms with Crippen LogP contribution >= 0.6 is 35.4 Å². The third-order valence-electron chi connectivity index (χ3n) is 7.19. The predicted molar refractivity (Wildman–Crippen MR) is 127 cm³/mol. The van der Waals surface area contributed by atoms with E-state index in [4.69, 9.17) is 50.7 Å². The Labute approximate surface area is 201 Å². The maximum absolute atomic E-state index is 13.5. The molecule has 32 heavy (non-hydrogen) atoms. The van der Waals surface area contributed by atoms with E-state index in [2.05, 4.69) is 5.32 Å². The van der Waals surface area contributed by atoms with Crippen molar-refractivity contribution in [1.82, 2.24) is 10.3 Å². The number of hydrazine groups is 1. The Kier molecular flexibility index (Phi) is 5.38. The lowest BCUT2D eigenvalue weighted by molar-refractivity contribution is -0.138. The number of nitrogens with zero attached hydrogens (tertiary/aromatic N) is 1. The third kappa shape index (κ3) is 3.14. The van der Waals surface area contributed by atoms with Crippen LogP contribution in [0.5, 0.6) is 11.5 Å². The zero-order valence-electron chi connectivity index (χ0n) is 17.5. The van der Waals surface area contributed by atoms with Gasteiger partial charge in [0.1, 0.15) is 11.5 Å². The molecule has 1 saturated heterocycles. The maximum atomic E-state index is 13.5. The molecule has 9 heteroatoms. The van der Waals surface area contributed by atoms with Crippen LogP contribution in [-0.2, 0) is 21.5 Å². The van der Waals surface area contributed by atoms with Gasteiger partial charge in [0.15, 0.2) is 10.7 Å². The highest BCUT2D eigenvalue weighted by Crippen LogP contribution is 2.61. The van der Waals surface area contributed by atoms with Crippen molar-refractivity contribution in [2.45, 2.75) is 43.7 Å². The second-order valence-corrected chi connectivity index (χ2v) is 10.0. The maximum Gasteiger partial charge on any atom is 0.258 e. The molecule has 2 spiro atoms. The van der Waals surface area contributed by atoms with E-state index >= 15 is 0 Å². The fraction of sp³-hybridized carbons (Fsp3) is 0.391. The molecule has 5 rings (SSSR count). The van der Waals surface area contributed by atoms with Crippen molar-refractivity contribution in [2.24, 2.45) is 11.3 Å². The Morgan fingerprint density at radius 2 is 1.81 bits per heavy atom. The number of carbonyl (C=O) groups is 1. The first-order valence-corrected chi connectivity index (χ1v) is 11.7. The summed E-state index contributed by atoms with van der Waals surface area (Å²) in [5.41, 5.74) is 0.456. The molecule has 1 amide bonds. The van der Waals surface area contributed by atoms with Crippen molar-refractivity contribution in [3.8, 4) is 11.5 Å². The monoisotopic (exact) mass is 491 g/mol. The van der Waals surface area contributed by atoms with Crippen molar-refractivity contribution in [1.29, 1.82) is 0 Å². The van der Waals surface area contributed by atoms with Crippen LogP contribution in [0.25, 0.3) is 0 Å². The van der Waals surface area contributed by atoms with Crippen molar-refractivity contribution in [3.63, 3.8) is 0 Å². The summed E-state index contributed by atoms with van der Waals surface area (Å²) in [4.78, 5) is 13.5. The molecule has 2 aromatic carbocycles. The number of fused-ring (bicyclic) bond motifs is 3. The van der Waals surface area contributed by atoms with Gasteiger partial charge in [-0.3, -0.25) is 15.1 Å². The lowest BCUT2D eigenvalue weighted by Gasteiger charge is -2.48. The molecule has 0 bridgehead atoms. The number of thiocarbonyl (C=S) groups is 1. The quantitative estimate of drug-likeness (QED) is 0.478. The Bertz CT molecular complexity index is 1100. The second kappa shape index (κ2) is 7.85. The van der Waals surface area contributed by atoms with Gasteiger partial charge < -0.3 is 9.47 Å². The van der Waals surface area contributed by atoms with Gasteiger partial charge in [-0.15, -0.1) is 0 Å². The van der Waals surface area contributed by atoms with Crippen LogP contribution < -0.4 is 15.9 Å². The summed E-state index contributed by atoms with van der Waals surface area (Å²) in [5, 5.41) is 5.47. The van der Waals surface area contributed by atoms with Crippen molar-refractivity contribution < 1.29 is 14.3 Å². The minimum atomic E-state index is -1.08. The Hall–Kier alpha value is -1.90. The van der Waals surface area contributed by atoms with Gasteiger partial charge >= 0.3 is 0 Å². The number of hydrogen-bond acceptors (Lipinski definition) is 5. The van der Waals surface area contributed by atoms with Crippen LogP contribution in [0.15, 0.2) is 36.4 Å². The predicted octanol–water partition coefficient (Wildman–Crippen LogP) is 4.70. The minimum absolute atomic E-state index is 0.178. The molecule has 1 aliphatic heterocycles. The lowest BCUT2D eigenvalue weighted by Crippen LogP contribution is -2.60. The van der Waals surface area contributed by atoms with Gasteiger partial charge in [-0.05, 0) is 85.8 Å². The number of amides is 1. The number of hydrogen-bond donors (Lipinski definition) is 2. The first kappa shape index (κ1) is 21.9. The molecule has 1 saturated carbocycles. The first-order chi connectivity index (χ1) is 15.3. The average molecular weight is 492 g/mol. The van der Waals surface area contributed by atoms with E-state index < -0.39 is 5.54 Å². The highest BCUT2D eigenvalue weighted by atomic mass is 35.5. The first-order valence-electron chi connectivity index (χ1n) is 10.5. The number of ether oxygens (including phenoxy) is 2.